The van der Waals surface area contributed by atoms with Crippen molar-refractivity contribution < 1.29 is 5.11 Å². The smallest absolute Gasteiger partial charge is 0.0833 e. The number of hydrogen-bond acceptors (Lipinski definition) is 4. The van der Waals surface area contributed by atoms with Crippen LogP contribution in [0.3, 0.4) is 0 Å². The summed E-state index contributed by atoms with van der Waals surface area (Å²) in [4.78, 5) is 0. The zero-order chi connectivity index (χ0) is 9.90. The molecule has 0 bridgehead atoms. The first-order valence-electron chi connectivity index (χ1n) is 4.26. The minimum absolute atomic E-state index is 0.0695. The summed E-state index contributed by atoms with van der Waals surface area (Å²) in [7, 11) is 1.81. The van der Waals surface area contributed by atoms with E-state index in [9.17, 15) is 0 Å². The van der Waals surface area contributed by atoms with Crippen LogP contribution in [-0.4, -0.2) is 33.3 Å². The van der Waals surface area contributed by atoms with Gasteiger partial charge in [-0.15, -0.1) is 5.10 Å². The van der Waals surface area contributed by atoms with Gasteiger partial charge in [-0.25, -0.2) is 0 Å². The van der Waals surface area contributed by atoms with Crippen molar-refractivity contribution in [1.29, 1.82) is 0 Å². The average Bonchev–Trinajstić information content (AvgIpc) is 2.51. The van der Waals surface area contributed by atoms with E-state index in [1.165, 1.54) is 0 Å². The quantitative estimate of drug-likeness (QED) is 0.649. The Labute approximate surface area is 77.6 Å². The Morgan fingerprint density at radius 1 is 1.69 bits per heavy atom. The van der Waals surface area contributed by atoms with E-state index in [0.29, 0.717) is 13.0 Å². The molecule has 5 nitrogen and oxygen atoms in total. The van der Waals surface area contributed by atoms with Crippen LogP contribution in [0.15, 0.2) is 6.20 Å². The molecule has 0 saturated carbocycles. The lowest BCUT2D eigenvalue weighted by molar-refractivity contribution is 0.148. The molecule has 0 aliphatic heterocycles. The summed E-state index contributed by atoms with van der Waals surface area (Å²) >= 11 is 0. The van der Waals surface area contributed by atoms with E-state index in [0.717, 1.165) is 5.69 Å². The third kappa shape index (κ3) is 2.50. The number of nitrogens with zero attached hydrogens (tertiary/aromatic N) is 3. The Morgan fingerprint density at radius 2 is 2.38 bits per heavy atom. The van der Waals surface area contributed by atoms with Crippen molar-refractivity contribution in [2.75, 3.05) is 13.2 Å². The molecule has 0 fully saturated rings. The second-order valence-electron chi connectivity index (χ2n) is 3.73. The van der Waals surface area contributed by atoms with Gasteiger partial charge >= 0.3 is 0 Å². The topological polar surface area (TPSA) is 77.0 Å². The summed E-state index contributed by atoms with van der Waals surface area (Å²) in [6.45, 7) is 2.45. The van der Waals surface area contributed by atoms with Crippen molar-refractivity contribution in [3.8, 4) is 0 Å². The van der Waals surface area contributed by atoms with Crippen molar-refractivity contribution >= 4 is 0 Å². The Bertz CT molecular complexity index is 267. The van der Waals surface area contributed by atoms with Crippen LogP contribution in [0.5, 0.6) is 0 Å². The highest BCUT2D eigenvalue weighted by Crippen LogP contribution is 2.18. The summed E-state index contributed by atoms with van der Waals surface area (Å²) in [6.07, 6.45) is 2.50. The predicted molar refractivity (Wildman–Crippen MR) is 49.0 cm³/mol. The SMILES string of the molecule is Cn1cc(CC(C)(CN)CO)nn1. The first-order chi connectivity index (χ1) is 6.09. The van der Waals surface area contributed by atoms with Gasteiger partial charge in [0.05, 0.1) is 12.3 Å². The fraction of sp³-hybridized carbons (Fsp3) is 0.750. The lowest BCUT2D eigenvalue weighted by atomic mass is 9.87. The van der Waals surface area contributed by atoms with E-state index in [1.54, 1.807) is 4.68 Å². The lowest BCUT2D eigenvalue weighted by Gasteiger charge is -2.23. The molecule has 0 amide bonds. The highest BCUT2D eigenvalue weighted by atomic mass is 16.3. The largest absolute Gasteiger partial charge is 0.396 e. The molecule has 0 aliphatic rings. The molecule has 3 N–H and O–H groups in total. The molecular formula is C8H16N4O. The molecule has 0 saturated heterocycles. The number of aliphatic hydroxyl groups is 1. The minimum Gasteiger partial charge on any atom is -0.396 e. The Balaban J connectivity index is 2.67. The van der Waals surface area contributed by atoms with E-state index in [-0.39, 0.29) is 12.0 Å². The number of nitrogens with two attached hydrogens (primary N) is 1. The van der Waals surface area contributed by atoms with Gasteiger partial charge in [0.1, 0.15) is 0 Å². The van der Waals surface area contributed by atoms with E-state index in [2.05, 4.69) is 10.3 Å². The highest BCUT2D eigenvalue weighted by molar-refractivity contribution is 4.97. The Morgan fingerprint density at radius 3 is 2.77 bits per heavy atom. The van der Waals surface area contributed by atoms with Crippen molar-refractivity contribution in [3.05, 3.63) is 11.9 Å². The van der Waals surface area contributed by atoms with Gasteiger partial charge in [0.15, 0.2) is 0 Å². The van der Waals surface area contributed by atoms with Crippen LogP contribution >= 0.6 is 0 Å². The molecule has 1 atom stereocenters. The molecular weight excluding hydrogens is 168 g/mol. The second-order valence-corrected chi connectivity index (χ2v) is 3.73. The van der Waals surface area contributed by atoms with Gasteiger partial charge in [0, 0.05) is 31.6 Å². The summed E-state index contributed by atoms with van der Waals surface area (Å²) in [5.41, 5.74) is 6.14. The maximum Gasteiger partial charge on any atom is 0.0833 e. The summed E-state index contributed by atoms with van der Waals surface area (Å²) in [6, 6.07) is 0. The normalized spacial score (nSPS) is 15.7. The molecule has 1 heterocycles. The summed E-state index contributed by atoms with van der Waals surface area (Å²) < 4.78 is 1.64. The van der Waals surface area contributed by atoms with Gasteiger partial charge in [-0.1, -0.05) is 12.1 Å². The first-order valence-corrected chi connectivity index (χ1v) is 4.26. The fourth-order valence-corrected chi connectivity index (χ4v) is 1.11. The van der Waals surface area contributed by atoms with Gasteiger partial charge in [0.2, 0.25) is 0 Å². The van der Waals surface area contributed by atoms with Gasteiger partial charge in [-0.2, -0.15) is 0 Å². The molecule has 5 heteroatoms. The van der Waals surface area contributed by atoms with Crippen LogP contribution in [0.2, 0.25) is 0 Å². The maximum absolute atomic E-state index is 9.12. The first kappa shape index (κ1) is 10.1. The predicted octanol–water partition coefficient (Wildman–Crippen LogP) is -0.685. The van der Waals surface area contributed by atoms with Crippen LogP contribution in [0.25, 0.3) is 0 Å². The number of aryl methyl sites for hydroxylation is 1. The molecule has 1 aromatic heterocycles. The van der Waals surface area contributed by atoms with Crippen LogP contribution in [0.1, 0.15) is 12.6 Å². The molecule has 13 heavy (non-hydrogen) atoms. The van der Waals surface area contributed by atoms with Crippen molar-refractivity contribution in [2.45, 2.75) is 13.3 Å². The Hall–Kier alpha value is -0.940. The minimum atomic E-state index is -0.282. The van der Waals surface area contributed by atoms with Crippen molar-refractivity contribution in [1.82, 2.24) is 15.0 Å². The van der Waals surface area contributed by atoms with Crippen molar-refractivity contribution in [3.63, 3.8) is 0 Å². The number of aliphatic hydroxyl groups excluding tert-OH is 1. The zero-order valence-electron chi connectivity index (χ0n) is 8.06. The summed E-state index contributed by atoms with van der Waals surface area (Å²) in [5.74, 6) is 0. The molecule has 0 spiro atoms. The van der Waals surface area contributed by atoms with E-state index in [4.69, 9.17) is 10.8 Å². The molecule has 1 rings (SSSR count). The molecule has 0 aromatic carbocycles. The van der Waals surface area contributed by atoms with Crippen LogP contribution in [0, 0.1) is 5.41 Å². The standard InChI is InChI=1S/C8H16N4O/c1-8(5-9,6-13)3-7-4-12(2)11-10-7/h4,13H,3,5-6,9H2,1-2H3. The highest BCUT2D eigenvalue weighted by Gasteiger charge is 2.23. The number of aromatic nitrogens is 3. The molecule has 1 unspecified atom stereocenters. The van der Waals surface area contributed by atoms with Gasteiger partial charge in [0.25, 0.3) is 0 Å². The summed E-state index contributed by atoms with van der Waals surface area (Å²) in [5, 5.41) is 16.9. The van der Waals surface area contributed by atoms with Crippen LogP contribution < -0.4 is 5.73 Å². The third-order valence-corrected chi connectivity index (χ3v) is 2.13. The van der Waals surface area contributed by atoms with Crippen LogP contribution in [-0.2, 0) is 13.5 Å². The van der Waals surface area contributed by atoms with Gasteiger partial charge < -0.3 is 10.8 Å². The maximum atomic E-state index is 9.12. The lowest BCUT2D eigenvalue weighted by Crippen LogP contribution is -2.33. The fourth-order valence-electron chi connectivity index (χ4n) is 1.11. The van der Waals surface area contributed by atoms with E-state index >= 15 is 0 Å². The Kier molecular flexibility index (Phi) is 3.00. The second kappa shape index (κ2) is 3.85. The zero-order valence-corrected chi connectivity index (χ0v) is 8.06. The van der Waals surface area contributed by atoms with Gasteiger partial charge in [-0.05, 0) is 0 Å². The third-order valence-electron chi connectivity index (χ3n) is 2.13. The van der Waals surface area contributed by atoms with E-state index in [1.807, 2.05) is 20.2 Å². The number of hydrogen-bond donors (Lipinski definition) is 2. The molecule has 74 valence electrons. The average molecular weight is 184 g/mol. The monoisotopic (exact) mass is 184 g/mol. The van der Waals surface area contributed by atoms with Gasteiger partial charge in [-0.3, -0.25) is 4.68 Å². The van der Waals surface area contributed by atoms with Crippen LogP contribution in [0.4, 0.5) is 0 Å². The molecule has 0 aliphatic carbocycles. The number of rotatable bonds is 4. The molecule has 0 radical (unpaired) electrons. The molecule has 1 aromatic rings. The van der Waals surface area contributed by atoms with E-state index < -0.39 is 0 Å². The van der Waals surface area contributed by atoms with Crippen molar-refractivity contribution in [2.24, 2.45) is 18.2 Å².